The summed E-state index contributed by atoms with van der Waals surface area (Å²) in [5.74, 6) is 0.384. The van der Waals surface area contributed by atoms with E-state index in [1.165, 1.54) is 6.07 Å². The molecule has 0 bridgehead atoms. The Morgan fingerprint density at radius 3 is 2.62 bits per heavy atom. The molecule has 4 rings (SSSR count). The number of aryl methyl sites for hydroxylation is 2. The largest absolute Gasteiger partial charge is 0.483 e. The van der Waals surface area contributed by atoms with Gasteiger partial charge in [-0.2, -0.15) is 0 Å². The highest BCUT2D eigenvalue weighted by Gasteiger charge is 2.44. The van der Waals surface area contributed by atoms with Crippen LogP contribution in [0.3, 0.4) is 0 Å². The van der Waals surface area contributed by atoms with Crippen molar-refractivity contribution < 1.29 is 18.7 Å². The van der Waals surface area contributed by atoms with Gasteiger partial charge in [0.2, 0.25) is 5.91 Å². The zero-order valence-corrected chi connectivity index (χ0v) is 18.8. The molecule has 170 valence electrons. The molecule has 0 aliphatic carbocycles. The van der Waals surface area contributed by atoms with Gasteiger partial charge >= 0.3 is 0 Å². The molecule has 6 heteroatoms. The minimum absolute atomic E-state index is 0.0328. The first-order valence-electron chi connectivity index (χ1n) is 11.5. The Labute approximate surface area is 188 Å². The number of nitrogens with zero attached hydrogens (tertiary/aromatic N) is 1. The topological polar surface area (TPSA) is 58.6 Å². The number of nitrogens with one attached hydrogen (secondary N) is 1. The number of amides is 2. The first kappa shape index (κ1) is 22.3. The van der Waals surface area contributed by atoms with Crippen molar-refractivity contribution in [3.63, 3.8) is 0 Å². The molecule has 0 radical (unpaired) electrons. The van der Waals surface area contributed by atoms with Crippen molar-refractivity contribution in [1.29, 1.82) is 0 Å². The molecule has 2 amide bonds. The molecule has 0 saturated carbocycles. The van der Waals surface area contributed by atoms with Crippen molar-refractivity contribution >= 4 is 11.8 Å². The van der Waals surface area contributed by atoms with Crippen LogP contribution in [-0.2, 0) is 16.0 Å². The highest BCUT2D eigenvalue weighted by molar-refractivity contribution is 5.80. The zero-order valence-electron chi connectivity index (χ0n) is 18.8. The van der Waals surface area contributed by atoms with Gasteiger partial charge in [-0.3, -0.25) is 9.59 Å². The molecule has 2 saturated heterocycles. The summed E-state index contributed by atoms with van der Waals surface area (Å²) in [4.78, 5) is 27.6. The quantitative estimate of drug-likeness (QED) is 0.765. The van der Waals surface area contributed by atoms with E-state index in [4.69, 9.17) is 4.74 Å². The zero-order chi connectivity index (χ0) is 22.7. The Morgan fingerprint density at radius 1 is 1.12 bits per heavy atom. The van der Waals surface area contributed by atoms with Crippen LogP contribution in [0.15, 0.2) is 42.5 Å². The third kappa shape index (κ3) is 4.79. The van der Waals surface area contributed by atoms with E-state index >= 15 is 0 Å². The molecule has 0 unspecified atom stereocenters. The normalized spacial score (nSPS) is 23.2. The maximum absolute atomic E-state index is 14.4. The lowest BCUT2D eigenvalue weighted by Crippen LogP contribution is -2.50. The average Bonchev–Trinajstić information content (AvgIpc) is 3.06. The van der Waals surface area contributed by atoms with Crippen LogP contribution in [0.25, 0.3) is 0 Å². The van der Waals surface area contributed by atoms with Crippen LogP contribution in [0, 0.1) is 19.7 Å². The molecule has 5 nitrogen and oxygen atoms in total. The van der Waals surface area contributed by atoms with E-state index in [-0.39, 0.29) is 42.4 Å². The summed E-state index contributed by atoms with van der Waals surface area (Å²) in [6.07, 6.45) is 4.10. The van der Waals surface area contributed by atoms with Crippen LogP contribution in [0.5, 0.6) is 5.75 Å². The second-order valence-corrected chi connectivity index (χ2v) is 8.98. The summed E-state index contributed by atoms with van der Waals surface area (Å²) in [5, 5.41) is 3.12. The van der Waals surface area contributed by atoms with Gasteiger partial charge in [0.1, 0.15) is 11.6 Å². The van der Waals surface area contributed by atoms with Crippen molar-refractivity contribution in [3.05, 3.63) is 65.0 Å². The van der Waals surface area contributed by atoms with Gasteiger partial charge in [0.15, 0.2) is 6.61 Å². The number of rotatable bonds is 5. The fourth-order valence-electron chi connectivity index (χ4n) is 5.17. The van der Waals surface area contributed by atoms with Gasteiger partial charge in [-0.05, 0) is 62.3 Å². The van der Waals surface area contributed by atoms with Crippen LogP contribution in [-0.4, -0.2) is 41.4 Å². The fourth-order valence-corrected chi connectivity index (χ4v) is 5.17. The molecule has 2 aromatic rings. The standard InChI is InChI=1S/C26H31FN2O3/c1-17-8-7-9-18(2)26(17)32-16-25(31)29-20(14-19-10-3-4-11-21(19)27)15-22-23(29)12-5-6-13-24(30)28-22/h3-4,7-11,20,22-23H,5-6,12-16H2,1-2H3,(H,28,30)/t20-,22+,23-/m1/s1. The Hall–Kier alpha value is -2.89. The monoisotopic (exact) mass is 438 g/mol. The maximum atomic E-state index is 14.4. The molecule has 32 heavy (non-hydrogen) atoms. The van der Waals surface area contributed by atoms with E-state index in [1.807, 2.05) is 43.0 Å². The predicted octanol–water partition coefficient (Wildman–Crippen LogP) is 4.09. The number of likely N-dealkylation sites (tertiary alicyclic amines) is 1. The lowest BCUT2D eigenvalue weighted by Gasteiger charge is -2.33. The van der Waals surface area contributed by atoms with E-state index in [0.29, 0.717) is 24.8 Å². The van der Waals surface area contributed by atoms with Gasteiger partial charge in [-0.15, -0.1) is 0 Å². The minimum Gasteiger partial charge on any atom is -0.483 e. The Balaban J connectivity index is 1.57. The molecule has 2 aliphatic heterocycles. The molecule has 0 spiro atoms. The molecule has 3 atom stereocenters. The number of ether oxygens (including phenoxy) is 1. The van der Waals surface area contributed by atoms with Crippen molar-refractivity contribution in [2.75, 3.05) is 6.61 Å². The molecule has 2 aliphatic rings. The summed E-state index contributed by atoms with van der Waals surface area (Å²) >= 11 is 0. The molecular weight excluding hydrogens is 407 g/mol. The third-order valence-electron chi connectivity index (χ3n) is 6.69. The highest BCUT2D eigenvalue weighted by Crippen LogP contribution is 2.33. The first-order chi connectivity index (χ1) is 15.4. The van der Waals surface area contributed by atoms with Crippen molar-refractivity contribution in [2.45, 2.75) is 70.5 Å². The summed E-state index contributed by atoms with van der Waals surface area (Å²) in [7, 11) is 0. The predicted molar refractivity (Wildman–Crippen MR) is 121 cm³/mol. The van der Waals surface area contributed by atoms with Crippen LogP contribution >= 0.6 is 0 Å². The molecule has 0 aromatic heterocycles. The number of carbonyl (C=O) groups excluding carboxylic acids is 2. The SMILES string of the molecule is Cc1cccc(C)c1OCC(=O)N1[C@H](Cc2ccccc2F)C[C@@H]2NC(=O)CCCC[C@H]21. The van der Waals surface area contributed by atoms with Crippen LogP contribution in [0.4, 0.5) is 4.39 Å². The lowest BCUT2D eigenvalue weighted by molar-refractivity contribution is -0.137. The average molecular weight is 439 g/mol. The molecule has 2 heterocycles. The summed E-state index contributed by atoms with van der Waals surface area (Å²) in [6, 6.07) is 12.2. The van der Waals surface area contributed by atoms with Gasteiger partial charge in [0.05, 0.1) is 12.1 Å². The van der Waals surface area contributed by atoms with Crippen molar-refractivity contribution in [3.8, 4) is 5.75 Å². The second kappa shape index (κ2) is 9.72. The van der Waals surface area contributed by atoms with Gasteiger partial charge in [-0.1, -0.05) is 42.8 Å². The third-order valence-corrected chi connectivity index (χ3v) is 6.69. The van der Waals surface area contributed by atoms with E-state index < -0.39 is 0 Å². The number of hydrogen-bond donors (Lipinski definition) is 1. The second-order valence-electron chi connectivity index (χ2n) is 8.98. The molecular formula is C26H31FN2O3. The van der Waals surface area contributed by atoms with E-state index in [2.05, 4.69) is 5.32 Å². The van der Waals surface area contributed by atoms with E-state index in [9.17, 15) is 14.0 Å². The number of carbonyl (C=O) groups is 2. The highest BCUT2D eigenvalue weighted by atomic mass is 19.1. The van der Waals surface area contributed by atoms with Gasteiger partial charge in [0.25, 0.3) is 5.91 Å². The van der Waals surface area contributed by atoms with Gasteiger partial charge in [0, 0.05) is 12.5 Å². The Bertz CT molecular complexity index is 973. The van der Waals surface area contributed by atoms with Crippen LogP contribution < -0.4 is 10.1 Å². The molecule has 1 N–H and O–H groups in total. The summed E-state index contributed by atoms with van der Waals surface area (Å²) in [5.41, 5.74) is 2.56. The number of halogens is 1. The maximum Gasteiger partial charge on any atom is 0.261 e. The van der Waals surface area contributed by atoms with E-state index in [1.54, 1.807) is 12.1 Å². The van der Waals surface area contributed by atoms with Crippen LogP contribution in [0.2, 0.25) is 0 Å². The lowest BCUT2D eigenvalue weighted by atomic mass is 9.97. The minimum atomic E-state index is -0.264. The number of hydrogen-bond acceptors (Lipinski definition) is 3. The van der Waals surface area contributed by atoms with Crippen LogP contribution in [0.1, 0.15) is 48.8 Å². The van der Waals surface area contributed by atoms with E-state index in [0.717, 1.165) is 36.1 Å². The molecule has 2 aromatic carbocycles. The van der Waals surface area contributed by atoms with Crippen molar-refractivity contribution in [2.24, 2.45) is 0 Å². The Kier molecular flexibility index (Phi) is 6.77. The number of para-hydroxylation sites is 1. The van der Waals surface area contributed by atoms with Crippen molar-refractivity contribution in [1.82, 2.24) is 10.2 Å². The number of benzene rings is 2. The first-order valence-corrected chi connectivity index (χ1v) is 11.5. The number of fused-ring (bicyclic) bond motifs is 1. The fraction of sp³-hybridized carbons (Fsp3) is 0.462. The van der Waals surface area contributed by atoms with Gasteiger partial charge < -0.3 is 15.0 Å². The Morgan fingerprint density at radius 2 is 1.88 bits per heavy atom. The summed E-state index contributed by atoms with van der Waals surface area (Å²) in [6.45, 7) is 3.85. The van der Waals surface area contributed by atoms with Gasteiger partial charge in [-0.25, -0.2) is 4.39 Å². The molecule has 2 fully saturated rings. The summed E-state index contributed by atoms with van der Waals surface area (Å²) < 4.78 is 20.4. The smallest absolute Gasteiger partial charge is 0.261 e.